The van der Waals surface area contributed by atoms with Crippen LogP contribution >= 0.6 is 0 Å². The summed E-state index contributed by atoms with van der Waals surface area (Å²) in [4.78, 5) is 19.1. The van der Waals surface area contributed by atoms with Crippen LogP contribution in [0.4, 0.5) is 0 Å². The summed E-state index contributed by atoms with van der Waals surface area (Å²) in [6.45, 7) is 0. The van der Waals surface area contributed by atoms with Gasteiger partial charge in [-0.15, -0.1) is 0 Å². The number of benzene rings is 2. The minimum atomic E-state index is -0.153. The molecule has 0 unspecified atom stereocenters. The van der Waals surface area contributed by atoms with E-state index >= 15 is 0 Å². The van der Waals surface area contributed by atoms with Gasteiger partial charge in [0.1, 0.15) is 5.82 Å². The van der Waals surface area contributed by atoms with Gasteiger partial charge in [-0.05, 0) is 35.9 Å². The summed E-state index contributed by atoms with van der Waals surface area (Å²) in [6.07, 6.45) is 3.59. The quantitative estimate of drug-likeness (QED) is 0.780. The van der Waals surface area contributed by atoms with Crippen molar-refractivity contribution in [1.29, 1.82) is 5.26 Å². The predicted molar refractivity (Wildman–Crippen MR) is 82.4 cm³/mol. The van der Waals surface area contributed by atoms with Crippen molar-refractivity contribution in [3.05, 3.63) is 75.8 Å². The number of hydrogen-bond donors (Lipinski definition) is 1. The molecule has 2 aromatic carbocycles. The van der Waals surface area contributed by atoms with Crippen molar-refractivity contribution in [2.45, 2.75) is 0 Å². The second-order valence-corrected chi connectivity index (χ2v) is 4.54. The number of aromatic amines is 1. The number of para-hydroxylation sites is 1. The fourth-order valence-electron chi connectivity index (χ4n) is 2.03. The maximum atomic E-state index is 11.9. The van der Waals surface area contributed by atoms with E-state index in [1.54, 1.807) is 24.3 Å². The Balaban J connectivity index is 1.95. The van der Waals surface area contributed by atoms with Crippen molar-refractivity contribution in [2.75, 3.05) is 0 Å². The molecule has 0 aliphatic heterocycles. The number of nitrogens with zero attached hydrogens (tertiary/aromatic N) is 2. The van der Waals surface area contributed by atoms with Crippen LogP contribution in [0.5, 0.6) is 0 Å². The molecule has 3 rings (SSSR count). The minimum absolute atomic E-state index is 0.153. The molecule has 0 spiro atoms. The molecule has 0 fully saturated rings. The van der Waals surface area contributed by atoms with Gasteiger partial charge in [-0.1, -0.05) is 30.3 Å². The maximum absolute atomic E-state index is 11.9. The molecule has 100 valence electrons. The predicted octanol–water partition coefficient (Wildman–Crippen LogP) is 2.97. The van der Waals surface area contributed by atoms with Crippen LogP contribution in [0, 0.1) is 11.3 Å². The molecule has 1 heterocycles. The smallest absolute Gasteiger partial charge is 0.259 e. The fourth-order valence-corrected chi connectivity index (χ4v) is 2.03. The van der Waals surface area contributed by atoms with Gasteiger partial charge < -0.3 is 4.98 Å². The number of rotatable bonds is 2. The molecule has 21 heavy (non-hydrogen) atoms. The standard InChI is InChI=1S/C17H11N3O/c18-11-13-7-5-12(6-8-13)9-10-16-19-15-4-2-1-3-14(15)17(21)20-16/h1-10H,(H,19,20,21). The fraction of sp³-hybridized carbons (Fsp3) is 0. The molecule has 1 aromatic heterocycles. The minimum Gasteiger partial charge on any atom is -0.306 e. The zero-order valence-corrected chi connectivity index (χ0v) is 11.1. The summed E-state index contributed by atoms with van der Waals surface area (Å²) in [5, 5.41) is 9.33. The Hall–Kier alpha value is -3.19. The first kappa shape index (κ1) is 12.8. The Morgan fingerprint density at radius 3 is 2.57 bits per heavy atom. The number of nitrogens with one attached hydrogen (secondary N) is 1. The lowest BCUT2D eigenvalue weighted by atomic mass is 10.1. The zero-order valence-electron chi connectivity index (χ0n) is 11.1. The first-order chi connectivity index (χ1) is 10.3. The second kappa shape index (κ2) is 5.43. The lowest BCUT2D eigenvalue weighted by Crippen LogP contribution is -2.09. The molecule has 4 heteroatoms. The van der Waals surface area contributed by atoms with E-state index in [9.17, 15) is 4.79 Å². The Labute approximate surface area is 121 Å². The van der Waals surface area contributed by atoms with Crippen LogP contribution in [-0.2, 0) is 0 Å². The van der Waals surface area contributed by atoms with Crippen LogP contribution < -0.4 is 5.56 Å². The van der Waals surface area contributed by atoms with Crippen LogP contribution in [0.3, 0.4) is 0 Å². The number of H-pyrrole nitrogens is 1. The van der Waals surface area contributed by atoms with Gasteiger partial charge >= 0.3 is 0 Å². The van der Waals surface area contributed by atoms with Gasteiger partial charge in [0.05, 0.1) is 22.5 Å². The van der Waals surface area contributed by atoms with Gasteiger partial charge in [-0.2, -0.15) is 5.26 Å². The van der Waals surface area contributed by atoms with Crippen LogP contribution in [0.25, 0.3) is 23.1 Å². The molecule has 0 radical (unpaired) electrons. The van der Waals surface area contributed by atoms with E-state index < -0.39 is 0 Å². The van der Waals surface area contributed by atoms with E-state index in [0.717, 1.165) is 5.56 Å². The molecule has 0 bridgehead atoms. The highest BCUT2D eigenvalue weighted by atomic mass is 16.1. The lowest BCUT2D eigenvalue weighted by molar-refractivity contribution is 1.14. The summed E-state index contributed by atoms with van der Waals surface area (Å²) < 4.78 is 0. The molecular weight excluding hydrogens is 262 g/mol. The molecule has 0 aliphatic carbocycles. The lowest BCUT2D eigenvalue weighted by Gasteiger charge is -1.98. The van der Waals surface area contributed by atoms with E-state index in [2.05, 4.69) is 16.0 Å². The van der Waals surface area contributed by atoms with E-state index in [0.29, 0.717) is 22.3 Å². The van der Waals surface area contributed by atoms with Crippen molar-refractivity contribution in [1.82, 2.24) is 9.97 Å². The third-order valence-corrected chi connectivity index (χ3v) is 3.10. The largest absolute Gasteiger partial charge is 0.306 e. The van der Waals surface area contributed by atoms with E-state index in [1.165, 1.54) is 0 Å². The number of aromatic nitrogens is 2. The third kappa shape index (κ3) is 2.72. The molecule has 1 N–H and O–H groups in total. The second-order valence-electron chi connectivity index (χ2n) is 4.54. The van der Waals surface area contributed by atoms with Gasteiger partial charge in [0.25, 0.3) is 5.56 Å². The Morgan fingerprint density at radius 2 is 1.81 bits per heavy atom. The van der Waals surface area contributed by atoms with E-state index in [-0.39, 0.29) is 5.56 Å². The van der Waals surface area contributed by atoms with Gasteiger partial charge in [-0.25, -0.2) is 4.98 Å². The maximum Gasteiger partial charge on any atom is 0.259 e. The van der Waals surface area contributed by atoms with Crippen LogP contribution in [0.1, 0.15) is 17.0 Å². The average Bonchev–Trinajstić information content (AvgIpc) is 2.53. The summed E-state index contributed by atoms with van der Waals surface area (Å²) >= 11 is 0. The van der Waals surface area contributed by atoms with Crippen molar-refractivity contribution in [3.8, 4) is 6.07 Å². The van der Waals surface area contributed by atoms with Crippen molar-refractivity contribution < 1.29 is 0 Å². The Kier molecular flexibility index (Phi) is 3.32. The van der Waals surface area contributed by atoms with Crippen molar-refractivity contribution in [3.63, 3.8) is 0 Å². The number of fused-ring (bicyclic) bond motifs is 1. The summed E-state index contributed by atoms with van der Waals surface area (Å²) in [5.74, 6) is 0.503. The van der Waals surface area contributed by atoms with E-state index in [1.807, 2.05) is 36.4 Å². The Morgan fingerprint density at radius 1 is 1.05 bits per heavy atom. The number of hydrogen-bond acceptors (Lipinski definition) is 3. The highest BCUT2D eigenvalue weighted by molar-refractivity contribution is 5.79. The molecule has 0 saturated heterocycles. The monoisotopic (exact) mass is 273 g/mol. The average molecular weight is 273 g/mol. The SMILES string of the molecule is N#Cc1ccc(C=Cc2nc3ccccc3c(=O)[nH]2)cc1. The van der Waals surface area contributed by atoms with Gasteiger partial charge in [-0.3, -0.25) is 4.79 Å². The first-order valence-corrected chi connectivity index (χ1v) is 6.43. The molecule has 0 amide bonds. The first-order valence-electron chi connectivity index (χ1n) is 6.43. The van der Waals surface area contributed by atoms with E-state index in [4.69, 9.17) is 5.26 Å². The van der Waals surface area contributed by atoms with Crippen LogP contribution in [0.15, 0.2) is 53.3 Å². The highest BCUT2D eigenvalue weighted by Gasteiger charge is 2.00. The van der Waals surface area contributed by atoms with Crippen molar-refractivity contribution >= 4 is 23.1 Å². The molecule has 0 aliphatic rings. The van der Waals surface area contributed by atoms with Gasteiger partial charge in [0, 0.05) is 0 Å². The van der Waals surface area contributed by atoms with Gasteiger partial charge in [0.15, 0.2) is 0 Å². The third-order valence-electron chi connectivity index (χ3n) is 3.10. The zero-order chi connectivity index (χ0) is 14.7. The molecule has 4 nitrogen and oxygen atoms in total. The normalized spacial score (nSPS) is 10.8. The highest BCUT2D eigenvalue weighted by Crippen LogP contribution is 2.09. The van der Waals surface area contributed by atoms with Crippen LogP contribution in [0.2, 0.25) is 0 Å². The summed E-state index contributed by atoms with van der Waals surface area (Å²) in [5.41, 5.74) is 2.06. The van der Waals surface area contributed by atoms with Crippen molar-refractivity contribution in [2.24, 2.45) is 0 Å². The summed E-state index contributed by atoms with van der Waals surface area (Å²) in [7, 11) is 0. The molecular formula is C17H11N3O. The summed E-state index contributed by atoms with van der Waals surface area (Å²) in [6, 6.07) is 16.5. The molecule has 3 aromatic rings. The molecule has 0 saturated carbocycles. The van der Waals surface area contributed by atoms with Gasteiger partial charge in [0.2, 0.25) is 0 Å². The number of nitriles is 1. The molecule has 0 atom stereocenters. The van der Waals surface area contributed by atoms with Crippen LogP contribution in [-0.4, -0.2) is 9.97 Å². The Bertz CT molecular complexity index is 915. The topological polar surface area (TPSA) is 69.5 Å².